The van der Waals surface area contributed by atoms with E-state index in [-0.39, 0.29) is 5.69 Å². The van der Waals surface area contributed by atoms with E-state index in [2.05, 4.69) is 10.1 Å². The molecule has 0 bridgehead atoms. The summed E-state index contributed by atoms with van der Waals surface area (Å²) in [5.74, 6) is 0. The smallest absolute Gasteiger partial charge is 0.259 e. The van der Waals surface area contributed by atoms with E-state index in [1.54, 1.807) is 23.1 Å². The molecule has 0 aliphatic rings. The van der Waals surface area contributed by atoms with Gasteiger partial charge in [0.15, 0.2) is 4.47 Å². The highest BCUT2D eigenvalue weighted by Crippen LogP contribution is 2.23. The van der Waals surface area contributed by atoms with Crippen LogP contribution in [0.1, 0.15) is 4.88 Å². The number of aromatic nitrogens is 3. The highest BCUT2D eigenvalue weighted by atomic mass is 35.5. The van der Waals surface area contributed by atoms with E-state index in [1.165, 1.54) is 23.5 Å². The van der Waals surface area contributed by atoms with Gasteiger partial charge in [-0.1, -0.05) is 11.6 Å². The minimum atomic E-state index is -0.416. The van der Waals surface area contributed by atoms with E-state index in [0.717, 1.165) is 15.8 Å². The van der Waals surface area contributed by atoms with Crippen LogP contribution >= 0.6 is 22.9 Å². The summed E-state index contributed by atoms with van der Waals surface area (Å²) in [6.07, 6.45) is 3.36. The van der Waals surface area contributed by atoms with Crippen LogP contribution in [0.5, 0.6) is 0 Å². The molecule has 2 heterocycles. The molecule has 0 amide bonds. The van der Waals surface area contributed by atoms with Crippen molar-refractivity contribution in [1.82, 2.24) is 14.8 Å². The van der Waals surface area contributed by atoms with Crippen LogP contribution < -0.4 is 0 Å². The number of halogens is 1. The largest absolute Gasteiger partial charge is 0.271 e. The van der Waals surface area contributed by atoms with Crippen LogP contribution in [-0.4, -0.2) is 19.7 Å². The van der Waals surface area contributed by atoms with Gasteiger partial charge in [0.05, 0.1) is 23.2 Å². The van der Waals surface area contributed by atoms with E-state index in [9.17, 15) is 10.1 Å². The number of thiazole rings is 1. The number of nitrogens with zero attached hydrogens (tertiary/aromatic N) is 4. The topological polar surface area (TPSA) is 73.8 Å². The molecule has 6 nitrogen and oxygen atoms in total. The number of nitro groups is 1. The third kappa shape index (κ3) is 2.29. The van der Waals surface area contributed by atoms with E-state index in [1.807, 2.05) is 0 Å². The average molecular weight is 295 g/mol. The number of hydrogen-bond donors (Lipinski definition) is 0. The lowest BCUT2D eigenvalue weighted by molar-refractivity contribution is -0.384. The summed E-state index contributed by atoms with van der Waals surface area (Å²) in [4.78, 5) is 15.3. The second-order valence-corrected chi connectivity index (χ2v) is 5.58. The SMILES string of the molecule is O=[N+]([O-])c1ccc2cnn(Cc3cnc(Cl)s3)c2c1. The monoisotopic (exact) mass is 294 g/mol. The van der Waals surface area contributed by atoms with E-state index < -0.39 is 4.92 Å². The molecule has 3 rings (SSSR count). The summed E-state index contributed by atoms with van der Waals surface area (Å²) in [6, 6.07) is 4.68. The standard InChI is InChI=1S/C11H7ClN4O2S/c12-11-13-5-9(19-11)6-15-10-3-8(16(17)18)2-1-7(10)4-14-15/h1-5H,6H2. The van der Waals surface area contributed by atoms with Crippen LogP contribution in [0.15, 0.2) is 30.6 Å². The number of hydrogen-bond acceptors (Lipinski definition) is 5. The highest BCUT2D eigenvalue weighted by molar-refractivity contribution is 7.15. The fraction of sp³-hybridized carbons (Fsp3) is 0.0909. The van der Waals surface area contributed by atoms with Gasteiger partial charge in [-0.2, -0.15) is 5.10 Å². The van der Waals surface area contributed by atoms with Crippen LogP contribution in [0, 0.1) is 10.1 Å². The Labute approximate surface area is 116 Å². The van der Waals surface area contributed by atoms with E-state index in [0.29, 0.717) is 11.0 Å². The summed E-state index contributed by atoms with van der Waals surface area (Å²) >= 11 is 7.14. The Morgan fingerprint density at radius 2 is 2.26 bits per heavy atom. The molecule has 0 radical (unpaired) electrons. The van der Waals surface area contributed by atoms with Crippen molar-refractivity contribution >= 4 is 39.5 Å². The van der Waals surface area contributed by atoms with Crippen molar-refractivity contribution in [2.24, 2.45) is 0 Å². The van der Waals surface area contributed by atoms with Gasteiger partial charge in [0, 0.05) is 28.6 Å². The molecule has 0 aliphatic carbocycles. The zero-order valence-electron chi connectivity index (χ0n) is 9.49. The molecule has 0 spiro atoms. The van der Waals surface area contributed by atoms with Crippen molar-refractivity contribution in [2.75, 3.05) is 0 Å². The predicted octanol–water partition coefficient (Wildman–Crippen LogP) is 3.10. The molecule has 0 saturated heterocycles. The number of fused-ring (bicyclic) bond motifs is 1. The van der Waals surface area contributed by atoms with Crippen LogP contribution in [0.2, 0.25) is 4.47 Å². The van der Waals surface area contributed by atoms with Gasteiger partial charge in [0.2, 0.25) is 0 Å². The fourth-order valence-corrected chi connectivity index (χ4v) is 2.76. The van der Waals surface area contributed by atoms with Gasteiger partial charge in [0.1, 0.15) is 0 Å². The predicted molar refractivity (Wildman–Crippen MR) is 72.6 cm³/mol. The zero-order valence-corrected chi connectivity index (χ0v) is 11.1. The maximum atomic E-state index is 10.8. The maximum absolute atomic E-state index is 10.8. The van der Waals surface area contributed by atoms with Gasteiger partial charge in [-0.05, 0) is 6.07 Å². The first-order valence-electron chi connectivity index (χ1n) is 5.33. The summed E-state index contributed by atoms with van der Waals surface area (Å²) < 4.78 is 2.17. The van der Waals surface area contributed by atoms with E-state index >= 15 is 0 Å². The second kappa shape index (κ2) is 4.60. The molecule has 19 heavy (non-hydrogen) atoms. The van der Waals surface area contributed by atoms with Crippen molar-refractivity contribution in [2.45, 2.75) is 6.54 Å². The molecule has 96 valence electrons. The fourth-order valence-electron chi connectivity index (χ4n) is 1.80. The number of benzene rings is 1. The van der Waals surface area contributed by atoms with E-state index in [4.69, 9.17) is 11.6 Å². The third-order valence-electron chi connectivity index (χ3n) is 2.67. The highest BCUT2D eigenvalue weighted by Gasteiger charge is 2.11. The quantitative estimate of drug-likeness (QED) is 0.549. The van der Waals surface area contributed by atoms with Crippen molar-refractivity contribution in [3.63, 3.8) is 0 Å². The zero-order chi connectivity index (χ0) is 13.4. The Kier molecular flexibility index (Phi) is 2.92. The van der Waals surface area contributed by atoms with Crippen LogP contribution in [0.25, 0.3) is 10.9 Å². The Bertz CT molecular complexity index is 767. The van der Waals surface area contributed by atoms with Crippen LogP contribution in [0.4, 0.5) is 5.69 Å². The maximum Gasteiger partial charge on any atom is 0.271 e. The molecule has 0 atom stereocenters. The molecule has 0 saturated carbocycles. The lowest BCUT2D eigenvalue weighted by Gasteiger charge is -2.00. The van der Waals surface area contributed by atoms with Crippen molar-refractivity contribution in [3.05, 3.63) is 50.1 Å². The number of rotatable bonds is 3. The molecule has 2 aromatic heterocycles. The van der Waals surface area contributed by atoms with Gasteiger partial charge in [-0.15, -0.1) is 11.3 Å². The Hall–Kier alpha value is -1.99. The molecule has 0 aliphatic heterocycles. The summed E-state index contributed by atoms with van der Waals surface area (Å²) in [5.41, 5.74) is 0.773. The molecule has 1 aromatic carbocycles. The van der Waals surface area contributed by atoms with Crippen LogP contribution in [-0.2, 0) is 6.54 Å². The lowest BCUT2D eigenvalue weighted by atomic mass is 10.2. The van der Waals surface area contributed by atoms with Crippen molar-refractivity contribution in [1.29, 1.82) is 0 Å². The molecule has 0 fully saturated rings. The molecule has 8 heteroatoms. The first-order valence-corrected chi connectivity index (χ1v) is 6.53. The minimum Gasteiger partial charge on any atom is -0.259 e. The van der Waals surface area contributed by atoms with Crippen molar-refractivity contribution < 1.29 is 4.92 Å². The number of nitro benzene ring substituents is 1. The van der Waals surface area contributed by atoms with Crippen molar-refractivity contribution in [3.8, 4) is 0 Å². The van der Waals surface area contributed by atoms with Gasteiger partial charge in [0.25, 0.3) is 5.69 Å². The molecular weight excluding hydrogens is 288 g/mol. The summed E-state index contributed by atoms with van der Waals surface area (Å²) in [5, 5.41) is 15.9. The van der Waals surface area contributed by atoms with Gasteiger partial charge in [-0.3, -0.25) is 14.8 Å². The normalized spacial score (nSPS) is 11.0. The first kappa shape index (κ1) is 12.1. The lowest BCUT2D eigenvalue weighted by Crippen LogP contribution is -1.99. The molecule has 0 N–H and O–H groups in total. The number of non-ortho nitro benzene ring substituents is 1. The summed E-state index contributed by atoms with van der Waals surface area (Å²) in [6.45, 7) is 0.495. The average Bonchev–Trinajstić information content (AvgIpc) is 2.96. The minimum absolute atomic E-state index is 0.0524. The van der Waals surface area contributed by atoms with Gasteiger partial charge >= 0.3 is 0 Å². The van der Waals surface area contributed by atoms with Crippen LogP contribution in [0.3, 0.4) is 0 Å². The summed E-state index contributed by atoms with van der Waals surface area (Å²) in [7, 11) is 0. The Balaban J connectivity index is 2.03. The van der Waals surface area contributed by atoms with Gasteiger partial charge < -0.3 is 0 Å². The second-order valence-electron chi connectivity index (χ2n) is 3.88. The first-order chi connectivity index (χ1) is 9.13. The Morgan fingerprint density at radius 1 is 1.42 bits per heavy atom. The molecule has 0 unspecified atom stereocenters. The molecule has 3 aromatic rings. The molecular formula is C11H7ClN4O2S. The Morgan fingerprint density at radius 3 is 2.95 bits per heavy atom. The van der Waals surface area contributed by atoms with Gasteiger partial charge in [-0.25, -0.2) is 4.98 Å². The third-order valence-corrected chi connectivity index (χ3v) is 3.77.